The van der Waals surface area contributed by atoms with E-state index >= 15 is 0 Å². The Morgan fingerprint density at radius 1 is 0.976 bits per heavy atom. The number of benzene rings is 2. The highest BCUT2D eigenvalue weighted by Crippen LogP contribution is 2.32. The van der Waals surface area contributed by atoms with Gasteiger partial charge in [-0.1, -0.05) is 67.4 Å². The Morgan fingerprint density at radius 2 is 1.61 bits per heavy atom. The molecule has 0 radical (unpaired) electrons. The molecule has 3 aromatic rings. The summed E-state index contributed by atoms with van der Waals surface area (Å²) in [4.78, 5) is 20.8. The topological polar surface area (TPSA) is 51.1 Å². The monoisotopic (exact) mass is 588 g/mol. The first kappa shape index (κ1) is 35.0. The highest BCUT2D eigenvalue weighted by molar-refractivity contribution is 8.17. The maximum Gasteiger partial charge on any atom is 0.215 e. The molecule has 1 heterocycles. The number of methoxy groups -OCH3 is 2. The number of carbonyl (C=O) groups is 1. The Hall–Kier alpha value is -4.07. The molecule has 0 atom stereocenters. The number of rotatable bonds is 9. The number of aliphatic imine (C=N–C) groups is 1. The number of para-hydroxylation sites is 1. The maximum absolute atomic E-state index is 11.3. The van der Waals surface area contributed by atoms with Crippen molar-refractivity contribution in [3.05, 3.63) is 126 Å². The van der Waals surface area contributed by atoms with Crippen molar-refractivity contribution in [3.8, 4) is 16.2 Å². The van der Waals surface area contributed by atoms with Crippen LogP contribution < -0.4 is 4.74 Å². The summed E-state index contributed by atoms with van der Waals surface area (Å²) in [6, 6.07) is 21.9. The van der Waals surface area contributed by atoms with Crippen molar-refractivity contribution in [1.82, 2.24) is 4.90 Å². The predicted molar refractivity (Wildman–Crippen MR) is 181 cm³/mol. The third-order valence-electron chi connectivity index (χ3n) is 5.03. The molecule has 0 fully saturated rings. The zero-order chi connectivity index (χ0) is 30.5. The molecule has 0 aliphatic rings. The third-order valence-corrected chi connectivity index (χ3v) is 7.11. The van der Waals surface area contributed by atoms with E-state index < -0.39 is 0 Å². The lowest BCUT2D eigenvalue weighted by atomic mass is 10.2. The first-order valence-corrected chi connectivity index (χ1v) is 14.5. The molecule has 1 aromatic heterocycles. The van der Waals surface area contributed by atoms with Crippen LogP contribution in [0.15, 0.2) is 126 Å². The lowest BCUT2D eigenvalue weighted by Gasteiger charge is -2.13. The predicted octanol–water partition coefficient (Wildman–Crippen LogP) is 9.76. The van der Waals surface area contributed by atoms with E-state index in [1.54, 1.807) is 38.7 Å². The molecule has 2 aromatic carbocycles. The van der Waals surface area contributed by atoms with Gasteiger partial charge in [-0.25, -0.2) is 4.99 Å². The molecule has 0 aliphatic carbocycles. The SMILES string of the molecule is C/C=C\C=C/C.C=CC(=C)OC.COc1ccc(-c2ccc(/C=C(/C)SC(=Nc3ccccc3)N(C)C=O)s2)cc1. The second-order valence-corrected chi connectivity index (χ2v) is 10.5. The van der Waals surface area contributed by atoms with Crippen LogP contribution in [0.25, 0.3) is 16.5 Å². The van der Waals surface area contributed by atoms with E-state index in [1.165, 1.54) is 21.5 Å². The van der Waals surface area contributed by atoms with E-state index in [9.17, 15) is 4.79 Å². The van der Waals surface area contributed by atoms with Gasteiger partial charge in [-0.15, -0.1) is 11.3 Å². The van der Waals surface area contributed by atoms with E-state index in [2.05, 4.69) is 53.2 Å². The zero-order valence-electron chi connectivity index (χ0n) is 24.7. The molecule has 0 unspecified atom stereocenters. The number of carbonyl (C=O) groups excluding carboxylic acids is 1. The summed E-state index contributed by atoms with van der Waals surface area (Å²) < 4.78 is 9.81. The summed E-state index contributed by atoms with van der Waals surface area (Å²) in [6.07, 6.45) is 12.4. The minimum Gasteiger partial charge on any atom is -0.497 e. The van der Waals surface area contributed by atoms with Crippen LogP contribution in [0.2, 0.25) is 0 Å². The number of amides is 1. The Balaban J connectivity index is 0.000000588. The van der Waals surface area contributed by atoms with Crippen molar-refractivity contribution >= 4 is 46.4 Å². The fourth-order valence-electron chi connectivity index (χ4n) is 2.85. The van der Waals surface area contributed by atoms with Gasteiger partial charge in [-0.3, -0.25) is 9.69 Å². The Morgan fingerprint density at radius 3 is 2.10 bits per heavy atom. The average Bonchev–Trinajstić information content (AvgIpc) is 3.48. The number of amidine groups is 1. The molecule has 0 N–H and O–H groups in total. The molecule has 3 rings (SSSR count). The summed E-state index contributed by atoms with van der Waals surface area (Å²) >= 11 is 3.19. The largest absolute Gasteiger partial charge is 0.497 e. The van der Waals surface area contributed by atoms with Crippen molar-refractivity contribution in [1.29, 1.82) is 0 Å². The van der Waals surface area contributed by atoms with Gasteiger partial charge >= 0.3 is 0 Å². The summed E-state index contributed by atoms with van der Waals surface area (Å²) in [6.45, 7) is 12.9. The van der Waals surface area contributed by atoms with Crippen molar-refractivity contribution in [3.63, 3.8) is 0 Å². The molecule has 0 aliphatic heterocycles. The molecule has 216 valence electrons. The third kappa shape index (κ3) is 14.2. The van der Waals surface area contributed by atoms with Crippen molar-refractivity contribution < 1.29 is 14.3 Å². The standard InChI is InChI=1S/C23H22N2O2S2.C6H10.C5H8O/c1-17(28-23(25(2)16-26)24-19-7-5-4-6-8-19)15-21-13-14-22(29-21)18-9-11-20(27-3)12-10-18;1-3-5-6-4-2;1-4-5(2)6-3/h4-16H,1-3H3;3-6H,1-2H3;4H,1-2H2,3H3/b17-15-,24-23?;5-3-,6-4-;. The van der Waals surface area contributed by atoms with Gasteiger partial charge in [0, 0.05) is 16.8 Å². The van der Waals surface area contributed by atoms with Crippen LogP contribution in [0.1, 0.15) is 25.6 Å². The van der Waals surface area contributed by atoms with E-state index in [-0.39, 0.29) is 0 Å². The summed E-state index contributed by atoms with van der Waals surface area (Å²) in [5, 5.41) is 0.631. The maximum atomic E-state index is 11.3. The van der Waals surface area contributed by atoms with Crippen molar-refractivity contribution in [2.45, 2.75) is 20.8 Å². The number of allylic oxidation sites excluding steroid dienone is 6. The highest BCUT2D eigenvalue weighted by atomic mass is 32.2. The first-order valence-electron chi connectivity index (χ1n) is 12.8. The molecular weight excluding hydrogens is 549 g/mol. The van der Waals surface area contributed by atoms with Crippen LogP contribution in [-0.4, -0.2) is 37.7 Å². The van der Waals surface area contributed by atoms with E-state index in [0.29, 0.717) is 10.9 Å². The van der Waals surface area contributed by atoms with Crippen molar-refractivity contribution in [2.75, 3.05) is 21.3 Å². The minimum absolute atomic E-state index is 0.606. The Kier molecular flexibility index (Phi) is 17.7. The van der Waals surface area contributed by atoms with Crippen LogP contribution in [0.3, 0.4) is 0 Å². The Bertz CT molecular complexity index is 1310. The van der Waals surface area contributed by atoms with Crippen LogP contribution in [0, 0.1) is 0 Å². The van der Waals surface area contributed by atoms with E-state index in [1.807, 2.05) is 87.5 Å². The fourth-order valence-corrected chi connectivity index (χ4v) is 4.75. The normalized spacial score (nSPS) is 11.2. The molecule has 0 spiro atoms. The quantitative estimate of drug-likeness (QED) is 0.0821. The van der Waals surface area contributed by atoms with Crippen LogP contribution >= 0.6 is 23.1 Å². The molecule has 41 heavy (non-hydrogen) atoms. The Labute approximate surface area is 253 Å². The van der Waals surface area contributed by atoms with Gasteiger partial charge < -0.3 is 9.47 Å². The number of ether oxygens (including phenoxy) is 2. The van der Waals surface area contributed by atoms with Gasteiger partial charge in [0.2, 0.25) is 6.41 Å². The molecule has 0 saturated carbocycles. The zero-order valence-corrected chi connectivity index (χ0v) is 26.4. The number of thioether (sulfide) groups is 1. The van der Waals surface area contributed by atoms with Crippen LogP contribution in [0.4, 0.5) is 5.69 Å². The molecule has 0 saturated heterocycles. The second-order valence-electron chi connectivity index (χ2n) is 8.16. The lowest BCUT2D eigenvalue weighted by Crippen LogP contribution is -2.21. The molecule has 5 nitrogen and oxygen atoms in total. The molecular formula is C34H40N2O3S2. The number of thiophene rings is 1. The summed E-state index contributed by atoms with van der Waals surface area (Å²) in [7, 11) is 4.94. The van der Waals surface area contributed by atoms with Crippen LogP contribution in [-0.2, 0) is 9.53 Å². The number of nitrogens with zero attached hydrogens (tertiary/aromatic N) is 2. The second kappa shape index (κ2) is 20.8. The van der Waals surface area contributed by atoms with E-state index in [4.69, 9.17) is 4.74 Å². The molecule has 1 amide bonds. The minimum atomic E-state index is 0.606. The summed E-state index contributed by atoms with van der Waals surface area (Å²) in [5.41, 5.74) is 1.97. The molecule has 0 bridgehead atoms. The smallest absolute Gasteiger partial charge is 0.215 e. The van der Waals surface area contributed by atoms with E-state index in [0.717, 1.165) is 33.2 Å². The van der Waals surface area contributed by atoms with Crippen molar-refractivity contribution in [2.24, 2.45) is 4.99 Å². The van der Waals surface area contributed by atoms with Gasteiger partial charge in [0.1, 0.15) is 11.5 Å². The first-order chi connectivity index (χ1) is 19.8. The van der Waals surface area contributed by atoms with Gasteiger partial charge in [-0.2, -0.15) is 0 Å². The lowest BCUT2D eigenvalue weighted by molar-refractivity contribution is -0.113. The van der Waals surface area contributed by atoms with Gasteiger partial charge in [-0.05, 0) is 91.9 Å². The highest BCUT2D eigenvalue weighted by Gasteiger charge is 2.09. The van der Waals surface area contributed by atoms with Gasteiger partial charge in [0.05, 0.1) is 19.9 Å². The average molecular weight is 589 g/mol. The van der Waals surface area contributed by atoms with Crippen LogP contribution in [0.5, 0.6) is 5.75 Å². The van der Waals surface area contributed by atoms with Gasteiger partial charge in [0.25, 0.3) is 0 Å². The fraction of sp³-hybridized carbons (Fsp3) is 0.176. The summed E-state index contributed by atoms with van der Waals surface area (Å²) in [5.74, 6) is 1.46. The van der Waals surface area contributed by atoms with Gasteiger partial charge in [0.15, 0.2) is 5.17 Å². The molecule has 7 heteroatoms. The number of hydrogen-bond donors (Lipinski definition) is 0. The number of hydrogen-bond acceptors (Lipinski definition) is 6.